The number of nitrogen functional groups attached to an aromatic ring is 1. The number of anilines is 2. The highest BCUT2D eigenvalue weighted by molar-refractivity contribution is 6.05. The third-order valence-corrected chi connectivity index (χ3v) is 6.05. The lowest BCUT2D eigenvalue weighted by Crippen LogP contribution is -2.25. The van der Waals surface area contributed by atoms with E-state index in [2.05, 4.69) is 20.3 Å². The molecule has 0 bridgehead atoms. The second-order valence-electron chi connectivity index (χ2n) is 8.25. The summed E-state index contributed by atoms with van der Waals surface area (Å²) in [7, 11) is 1.75. The summed E-state index contributed by atoms with van der Waals surface area (Å²) in [5.41, 5.74) is 10.9. The third-order valence-electron chi connectivity index (χ3n) is 6.05. The number of carbonyl (C=O) groups is 1. The lowest BCUT2D eigenvalue weighted by Gasteiger charge is -2.10. The van der Waals surface area contributed by atoms with Crippen LogP contribution in [-0.4, -0.2) is 30.2 Å². The summed E-state index contributed by atoms with van der Waals surface area (Å²) in [5, 5.41) is 2.83. The molecule has 0 radical (unpaired) electrons. The molecule has 0 aliphatic carbocycles. The van der Waals surface area contributed by atoms with Gasteiger partial charge in [0.25, 0.3) is 11.5 Å². The zero-order chi connectivity index (χ0) is 25.2. The first-order valence-corrected chi connectivity index (χ1v) is 11.2. The Bertz CT molecular complexity index is 1610. The second kappa shape index (κ2) is 9.30. The molecule has 0 aliphatic rings. The molecule has 3 aromatic heterocycles. The fourth-order valence-corrected chi connectivity index (χ4v) is 4.07. The van der Waals surface area contributed by atoms with Crippen LogP contribution in [0, 0.1) is 6.92 Å². The molecule has 0 saturated heterocycles. The number of rotatable bonds is 5. The van der Waals surface area contributed by atoms with Crippen LogP contribution in [0.1, 0.15) is 16.1 Å². The van der Waals surface area contributed by atoms with E-state index >= 15 is 0 Å². The van der Waals surface area contributed by atoms with Gasteiger partial charge in [0.2, 0.25) is 0 Å². The molecule has 5 rings (SSSR count). The normalized spacial score (nSPS) is 10.8. The first-order valence-electron chi connectivity index (χ1n) is 11.2. The first-order chi connectivity index (χ1) is 17.4. The summed E-state index contributed by atoms with van der Waals surface area (Å²) in [6.45, 7) is 1.75. The predicted molar refractivity (Wildman–Crippen MR) is 139 cm³/mol. The summed E-state index contributed by atoms with van der Waals surface area (Å²) in [4.78, 5) is 38.6. The van der Waals surface area contributed by atoms with Crippen LogP contribution < -0.4 is 16.6 Å². The van der Waals surface area contributed by atoms with E-state index in [0.29, 0.717) is 22.9 Å². The molecular weight excluding hydrogens is 454 g/mol. The Hall–Kier alpha value is -5.05. The maximum Gasteiger partial charge on any atom is 0.284 e. The molecular formula is C27H23N7O2. The lowest BCUT2D eigenvalue weighted by atomic mass is 10.0. The van der Waals surface area contributed by atoms with Crippen molar-refractivity contribution in [1.82, 2.24) is 24.3 Å². The average Bonchev–Trinajstić information content (AvgIpc) is 3.13. The Kier molecular flexibility index (Phi) is 5.87. The number of benzene rings is 2. The van der Waals surface area contributed by atoms with Crippen LogP contribution in [-0.2, 0) is 7.05 Å². The van der Waals surface area contributed by atoms with Crippen LogP contribution in [0.3, 0.4) is 0 Å². The smallest absolute Gasteiger partial charge is 0.284 e. The number of amides is 1. The van der Waals surface area contributed by atoms with Gasteiger partial charge in [-0.15, -0.1) is 0 Å². The monoisotopic (exact) mass is 477 g/mol. The van der Waals surface area contributed by atoms with E-state index in [0.717, 1.165) is 22.3 Å². The molecule has 0 spiro atoms. The van der Waals surface area contributed by atoms with Crippen molar-refractivity contribution in [3.8, 4) is 27.9 Å². The van der Waals surface area contributed by atoms with Crippen molar-refractivity contribution in [3.05, 3.63) is 107 Å². The van der Waals surface area contributed by atoms with Crippen LogP contribution in [0.15, 0.2) is 90.4 Å². The van der Waals surface area contributed by atoms with E-state index in [1.807, 2.05) is 48.5 Å². The van der Waals surface area contributed by atoms with Gasteiger partial charge in [-0.3, -0.25) is 14.3 Å². The van der Waals surface area contributed by atoms with Crippen LogP contribution in [0.25, 0.3) is 27.9 Å². The molecule has 0 unspecified atom stereocenters. The SMILES string of the molecule is Cc1c(C(=O)Nc2ccc(-c3cc(-c4cncnc4)cnc3N)cc2)c(=O)n(-c2ccccc2)n1C. The summed E-state index contributed by atoms with van der Waals surface area (Å²) in [6, 6.07) is 18.3. The Morgan fingerprint density at radius 1 is 0.917 bits per heavy atom. The molecule has 5 aromatic rings. The highest BCUT2D eigenvalue weighted by atomic mass is 16.2. The van der Waals surface area contributed by atoms with Gasteiger partial charge in [-0.05, 0) is 42.8 Å². The minimum absolute atomic E-state index is 0.0941. The minimum atomic E-state index is -0.470. The zero-order valence-corrected chi connectivity index (χ0v) is 19.7. The van der Waals surface area contributed by atoms with E-state index in [1.54, 1.807) is 49.4 Å². The number of carbonyl (C=O) groups excluding carboxylic acids is 1. The van der Waals surface area contributed by atoms with Crippen molar-refractivity contribution in [3.63, 3.8) is 0 Å². The van der Waals surface area contributed by atoms with Gasteiger partial charge in [-0.25, -0.2) is 19.6 Å². The molecule has 178 valence electrons. The maximum atomic E-state index is 13.1. The van der Waals surface area contributed by atoms with Crippen molar-refractivity contribution >= 4 is 17.4 Å². The first kappa shape index (κ1) is 22.7. The minimum Gasteiger partial charge on any atom is -0.383 e. The predicted octanol–water partition coefficient (Wildman–Crippen LogP) is 3.84. The van der Waals surface area contributed by atoms with Crippen LogP contribution in [0.4, 0.5) is 11.5 Å². The standard InChI is InChI=1S/C27H23N7O2/c1-17-24(27(36)34(33(17)2)22-6-4-3-5-7-22)26(35)32-21-10-8-18(9-11-21)23-12-19(15-31-25(23)28)20-13-29-16-30-14-20/h3-16H,1-2H3,(H2,28,31)(H,32,35). The molecule has 2 aromatic carbocycles. The van der Waals surface area contributed by atoms with Crippen molar-refractivity contribution in [2.75, 3.05) is 11.1 Å². The zero-order valence-electron chi connectivity index (χ0n) is 19.7. The molecule has 0 aliphatic heterocycles. The van der Waals surface area contributed by atoms with Gasteiger partial charge in [-0.1, -0.05) is 30.3 Å². The van der Waals surface area contributed by atoms with E-state index in [9.17, 15) is 9.59 Å². The fourth-order valence-electron chi connectivity index (χ4n) is 4.07. The highest BCUT2D eigenvalue weighted by Crippen LogP contribution is 2.30. The molecule has 3 heterocycles. The Morgan fingerprint density at radius 2 is 1.61 bits per heavy atom. The van der Waals surface area contributed by atoms with E-state index < -0.39 is 5.91 Å². The van der Waals surface area contributed by atoms with Gasteiger partial charge in [0.15, 0.2) is 0 Å². The van der Waals surface area contributed by atoms with Crippen LogP contribution in [0.5, 0.6) is 0 Å². The molecule has 0 atom stereocenters. The average molecular weight is 478 g/mol. The summed E-state index contributed by atoms with van der Waals surface area (Å²) in [5.74, 6) is -0.0865. The Labute approximate surface area is 206 Å². The third kappa shape index (κ3) is 4.14. The number of hydrogen-bond donors (Lipinski definition) is 2. The van der Waals surface area contributed by atoms with Crippen molar-refractivity contribution in [2.45, 2.75) is 6.92 Å². The summed E-state index contributed by atoms with van der Waals surface area (Å²) < 4.78 is 3.16. The lowest BCUT2D eigenvalue weighted by molar-refractivity contribution is 0.102. The fraction of sp³-hybridized carbons (Fsp3) is 0.0741. The maximum absolute atomic E-state index is 13.1. The number of nitrogens with one attached hydrogen (secondary N) is 1. The van der Waals surface area contributed by atoms with Gasteiger partial charge in [0.1, 0.15) is 17.7 Å². The number of nitrogens with two attached hydrogens (primary N) is 1. The van der Waals surface area contributed by atoms with Crippen LogP contribution in [0.2, 0.25) is 0 Å². The Balaban J connectivity index is 1.41. The van der Waals surface area contributed by atoms with Gasteiger partial charge in [-0.2, -0.15) is 0 Å². The van der Waals surface area contributed by atoms with Gasteiger partial charge in [0, 0.05) is 48.0 Å². The molecule has 1 amide bonds. The van der Waals surface area contributed by atoms with Crippen molar-refractivity contribution in [2.24, 2.45) is 7.05 Å². The molecule has 9 heteroatoms. The van der Waals surface area contributed by atoms with E-state index in [4.69, 9.17) is 5.73 Å². The second-order valence-corrected chi connectivity index (χ2v) is 8.25. The number of para-hydroxylation sites is 1. The van der Waals surface area contributed by atoms with Crippen molar-refractivity contribution in [1.29, 1.82) is 0 Å². The molecule has 3 N–H and O–H groups in total. The topological polar surface area (TPSA) is 121 Å². The molecule has 9 nitrogen and oxygen atoms in total. The Morgan fingerprint density at radius 3 is 2.31 bits per heavy atom. The van der Waals surface area contributed by atoms with Crippen molar-refractivity contribution < 1.29 is 4.79 Å². The van der Waals surface area contributed by atoms with E-state index in [-0.39, 0.29) is 11.1 Å². The number of aromatic nitrogens is 5. The highest BCUT2D eigenvalue weighted by Gasteiger charge is 2.22. The molecule has 36 heavy (non-hydrogen) atoms. The van der Waals surface area contributed by atoms with Gasteiger partial charge in [0.05, 0.1) is 11.4 Å². The van der Waals surface area contributed by atoms with Gasteiger partial charge >= 0.3 is 0 Å². The number of hydrogen-bond acceptors (Lipinski definition) is 6. The van der Waals surface area contributed by atoms with Crippen LogP contribution >= 0.6 is 0 Å². The summed E-state index contributed by atoms with van der Waals surface area (Å²) in [6.07, 6.45) is 6.56. The summed E-state index contributed by atoms with van der Waals surface area (Å²) >= 11 is 0. The number of nitrogens with zero attached hydrogens (tertiary/aromatic N) is 5. The number of pyridine rings is 1. The molecule has 0 fully saturated rings. The quantitative estimate of drug-likeness (QED) is 0.397. The largest absolute Gasteiger partial charge is 0.383 e. The van der Waals surface area contributed by atoms with E-state index in [1.165, 1.54) is 11.0 Å². The van der Waals surface area contributed by atoms with Gasteiger partial charge < -0.3 is 11.1 Å². The molecule has 0 saturated carbocycles.